The number of nitrogens with zero attached hydrogens (tertiary/aromatic N) is 5. The number of nitrogens with one attached hydrogen (secondary N) is 1. The van der Waals surface area contributed by atoms with E-state index in [1.54, 1.807) is 24.9 Å². The summed E-state index contributed by atoms with van der Waals surface area (Å²) < 4.78 is 1.91. The van der Waals surface area contributed by atoms with Crippen molar-refractivity contribution in [3.63, 3.8) is 0 Å². The van der Waals surface area contributed by atoms with Gasteiger partial charge in [-0.1, -0.05) is 30.3 Å². The van der Waals surface area contributed by atoms with Gasteiger partial charge in [-0.05, 0) is 24.1 Å². The topological polar surface area (TPSA) is 68.5 Å². The first-order chi connectivity index (χ1) is 11.9. The van der Waals surface area contributed by atoms with Crippen molar-refractivity contribution < 1.29 is 0 Å². The van der Waals surface area contributed by atoms with Crippen molar-refractivity contribution in [2.75, 3.05) is 11.9 Å². The Labute approximate surface area is 139 Å². The van der Waals surface area contributed by atoms with Crippen LogP contribution in [-0.2, 0) is 6.42 Å². The normalized spacial score (nSPS) is 10.8. The van der Waals surface area contributed by atoms with Gasteiger partial charge in [0.05, 0.1) is 17.2 Å². The molecule has 0 aliphatic carbocycles. The van der Waals surface area contributed by atoms with Crippen molar-refractivity contribution >= 4 is 17.0 Å². The van der Waals surface area contributed by atoms with Gasteiger partial charge < -0.3 is 5.32 Å². The van der Waals surface area contributed by atoms with E-state index in [-0.39, 0.29) is 0 Å². The predicted octanol–water partition coefficient (Wildman–Crippen LogP) is 2.87. The molecule has 0 aliphatic rings. The van der Waals surface area contributed by atoms with E-state index in [1.165, 1.54) is 5.56 Å². The second kappa shape index (κ2) is 6.45. The molecule has 0 radical (unpaired) electrons. The van der Waals surface area contributed by atoms with Gasteiger partial charge >= 0.3 is 0 Å². The Balaban J connectivity index is 1.51. The predicted molar refractivity (Wildman–Crippen MR) is 93.1 cm³/mol. The third-order valence-electron chi connectivity index (χ3n) is 3.78. The summed E-state index contributed by atoms with van der Waals surface area (Å²) in [5, 5.41) is 3.27. The molecule has 3 heterocycles. The number of hydrogen-bond acceptors (Lipinski definition) is 5. The van der Waals surface area contributed by atoms with Gasteiger partial charge in [-0.15, -0.1) is 0 Å². The van der Waals surface area contributed by atoms with Crippen LogP contribution in [0, 0.1) is 0 Å². The summed E-state index contributed by atoms with van der Waals surface area (Å²) in [6.45, 7) is 0.777. The molecule has 4 rings (SSSR count). The molecule has 0 fully saturated rings. The number of fused-ring (bicyclic) bond motifs is 1. The van der Waals surface area contributed by atoms with Crippen molar-refractivity contribution in [3.8, 4) is 5.82 Å². The maximum Gasteiger partial charge on any atom is 0.224 e. The average Bonchev–Trinajstić information content (AvgIpc) is 3.07. The number of pyridine rings is 1. The largest absolute Gasteiger partial charge is 0.354 e. The summed E-state index contributed by atoms with van der Waals surface area (Å²) in [4.78, 5) is 17.4. The fourth-order valence-electron chi connectivity index (χ4n) is 2.57. The van der Waals surface area contributed by atoms with E-state index >= 15 is 0 Å². The van der Waals surface area contributed by atoms with E-state index in [4.69, 9.17) is 0 Å². The van der Waals surface area contributed by atoms with Crippen LogP contribution in [0.25, 0.3) is 16.9 Å². The summed E-state index contributed by atoms with van der Waals surface area (Å²) >= 11 is 0. The molecule has 0 bridgehead atoms. The zero-order valence-corrected chi connectivity index (χ0v) is 13.0. The number of anilines is 1. The molecule has 0 aliphatic heterocycles. The van der Waals surface area contributed by atoms with Gasteiger partial charge in [-0.3, -0.25) is 9.55 Å². The summed E-state index contributed by atoms with van der Waals surface area (Å²) in [6, 6.07) is 14.1. The van der Waals surface area contributed by atoms with Crippen LogP contribution in [-0.4, -0.2) is 31.0 Å². The van der Waals surface area contributed by atoms with Crippen molar-refractivity contribution in [2.24, 2.45) is 0 Å². The monoisotopic (exact) mass is 316 g/mol. The molecule has 0 saturated heterocycles. The fourth-order valence-corrected chi connectivity index (χ4v) is 2.57. The molecule has 0 unspecified atom stereocenters. The van der Waals surface area contributed by atoms with E-state index in [9.17, 15) is 0 Å². The first-order valence-electron chi connectivity index (χ1n) is 7.78. The maximum absolute atomic E-state index is 4.57. The Morgan fingerprint density at radius 3 is 2.79 bits per heavy atom. The van der Waals surface area contributed by atoms with E-state index < -0.39 is 0 Å². The molecule has 118 valence electrons. The van der Waals surface area contributed by atoms with E-state index in [1.807, 2.05) is 34.9 Å². The molecule has 0 atom stereocenters. The fraction of sp³-hybridized carbons (Fsp3) is 0.111. The van der Waals surface area contributed by atoms with Gasteiger partial charge in [0.1, 0.15) is 12.1 Å². The standard InChI is InChI=1S/C18H16N6/c1-2-4-14(5-3-1)6-10-20-18-21-11-8-17(23-18)24-13-22-15-7-9-19-12-16(15)24/h1-5,7-9,11-13H,6,10H2,(H,20,21,23). The number of hydrogen-bond donors (Lipinski definition) is 1. The molecule has 6 heteroatoms. The van der Waals surface area contributed by atoms with Crippen molar-refractivity contribution in [1.82, 2.24) is 24.5 Å². The molecule has 0 saturated carbocycles. The lowest BCUT2D eigenvalue weighted by Crippen LogP contribution is -2.09. The second-order valence-electron chi connectivity index (χ2n) is 5.38. The Hall–Kier alpha value is -3.28. The quantitative estimate of drug-likeness (QED) is 0.613. The zero-order valence-electron chi connectivity index (χ0n) is 13.0. The van der Waals surface area contributed by atoms with Crippen molar-refractivity contribution in [3.05, 3.63) is 72.9 Å². The minimum absolute atomic E-state index is 0.606. The highest BCUT2D eigenvalue weighted by molar-refractivity contribution is 5.75. The molecule has 3 aromatic heterocycles. The lowest BCUT2D eigenvalue weighted by atomic mass is 10.1. The Kier molecular flexibility index (Phi) is 3.85. The van der Waals surface area contributed by atoms with Crippen LogP contribution >= 0.6 is 0 Å². The average molecular weight is 316 g/mol. The van der Waals surface area contributed by atoms with E-state index in [0.29, 0.717) is 5.95 Å². The molecule has 24 heavy (non-hydrogen) atoms. The van der Waals surface area contributed by atoms with Crippen LogP contribution in [0.2, 0.25) is 0 Å². The molecule has 0 spiro atoms. The van der Waals surface area contributed by atoms with Crippen LogP contribution < -0.4 is 5.32 Å². The highest BCUT2D eigenvalue weighted by atomic mass is 15.2. The van der Waals surface area contributed by atoms with Crippen molar-refractivity contribution in [2.45, 2.75) is 6.42 Å². The third-order valence-corrected chi connectivity index (χ3v) is 3.78. The van der Waals surface area contributed by atoms with Gasteiger partial charge in [-0.2, -0.15) is 4.98 Å². The summed E-state index contributed by atoms with van der Waals surface area (Å²) in [6.07, 6.45) is 7.94. The number of imidazole rings is 1. The summed E-state index contributed by atoms with van der Waals surface area (Å²) in [5.74, 6) is 1.37. The maximum atomic E-state index is 4.57. The van der Waals surface area contributed by atoms with Gasteiger partial charge in [-0.25, -0.2) is 9.97 Å². The lowest BCUT2D eigenvalue weighted by Gasteiger charge is -2.07. The smallest absolute Gasteiger partial charge is 0.224 e. The van der Waals surface area contributed by atoms with Crippen LogP contribution in [0.4, 0.5) is 5.95 Å². The van der Waals surface area contributed by atoms with Crippen LogP contribution in [0.3, 0.4) is 0 Å². The van der Waals surface area contributed by atoms with Gasteiger partial charge in [0.15, 0.2) is 0 Å². The first-order valence-corrected chi connectivity index (χ1v) is 7.78. The number of benzene rings is 1. The molecular formula is C18H16N6. The molecule has 0 amide bonds. The minimum atomic E-state index is 0.606. The molecule has 1 N–H and O–H groups in total. The highest BCUT2D eigenvalue weighted by Gasteiger charge is 2.06. The molecular weight excluding hydrogens is 300 g/mol. The Morgan fingerprint density at radius 1 is 0.958 bits per heavy atom. The van der Waals surface area contributed by atoms with Gasteiger partial charge in [0, 0.05) is 18.9 Å². The molecule has 4 aromatic rings. The van der Waals surface area contributed by atoms with E-state index in [0.717, 1.165) is 29.8 Å². The third kappa shape index (κ3) is 2.94. The zero-order chi connectivity index (χ0) is 16.2. The second-order valence-corrected chi connectivity index (χ2v) is 5.38. The van der Waals surface area contributed by atoms with E-state index in [2.05, 4.69) is 37.4 Å². The molecule has 6 nitrogen and oxygen atoms in total. The van der Waals surface area contributed by atoms with Crippen molar-refractivity contribution in [1.29, 1.82) is 0 Å². The minimum Gasteiger partial charge on any atom is -0.354 e. The first kappa shape index (κ1) is 14.3. The molecule has 1 aromatic carbocycles. The van der Waals surface area contributed by atoms with Gasteiger partial charge in [0.25, 0.3) is 0 Å². The van der Waals surface area contributed by atoms with Crippen LogP contribution in [0.15, 0.2) is 67.4 Å². The van der Waals surface area contributed by atoms with Crippen LogP contribution in [0.1, 0.15) is 5.56 Å². The summed E-state index contributed by atoms with van der Waals surface area (Å²) in [5.41, 5.74) is 3.10. The van der Waals surface area contributed by atoms with Crippen LogP contribution in [0.5, 0.6) is 0 Å². The Bertz CT molecular complexity index is 948. The highest BCUT2D eigenvalue weighted by Crippen LogP contribution is 2.15. The lowest BCUT2D eigenvalue weighted by molar-refractivity contribution is 0.953. The van der Waals surface area contributed by atoms with Gasteiger partial charge in [0.2, 0.25) is 5.95 Å². The summed E-state index contributed by atoms with van der Waals surface area (Å²) in [7, 11) is 0. The number of rotatable bonds is 5. The Morgan fingerprint density at radius 2 is 1.88 bits per heavy atom. The SMILES string of the molecule is c1ccc(CCNc2nccc(-n3cnc4ccncc43)n2)cc1. The number of aromatic nitrogens is 5.